The maximum absolute atomic E-state index is 13.0. The van der Waals surface area contributed by atoms with Gasteiger partial charge in [-0.2, -0.15) is 4.40 Å². The number of thioether (sulfide) groups is 1. The molecule has 0 amide bonds. The Hall–Kier alpha value is -0.450. The van der Waals surface area contributed by atoms with Gasteiger partial charge in [0.15, 0.2) is 5.78 Å². The Labute approximate surface area is 175 Å². The van der Waals surface area contributed by atoms with E-state index in [0.29, 0.717) is 43.0 Å². The van der Waals surface area contributed by atoms with Crippen molar-refractivity contribution >= 4 is 44.9 Å². The lowest BCUT2D eigenvalue weighted by molar-refractivity contribution is -0.120. The molecule has 0 aromatic rings. The Kier molecular flexibility index (Phi) is 6.49. The summed E-state index contributed by atoms with van der Waals surface area (Å²) in [5.41, 5.74) is 6.48. The summed E-state index contributed by atoms with van der Waals surface area (Å²) < 4.78 is 30.3. The van der Waals surface area contributed by atoms with Crippen LogP contribution in [0.4, 0.5) is 0 Å². The van der Waals surface area contributed by atoms with Crippen LogP contribution in [0.3, 0.4) is 0 Å². The molecule has 0 bridgehead atoms. The number of allylic oxidation sites excluding steroid dienone is 2. The second-order valence-corrected chi connectivity index (χ2v) is 11.6. The van der Waals surface area contributed by atoms with E-state index in [9.17, 15) is 13.2 Å². The van der Waals surface area contributed by atoms with Crippen LogP contribution in [0.1, 0.15) is 51.4 Å². The van der Waals surface area contributed by atoms with Crippen LogP contribution in [-0.2, 0) is 14.8 Å². The first-order valence-corrected chi connectivity index (χ1v) is 12.9. The third-order valence-corrected chi connectivity index (χ3v) is 9.42. The second kappa shape index (κ2) is 8.73. The molecule has 3 unspecified atom stereocenters. The highest BCUT2D eigenvalue weighted by molar-refractivity contribution is 8.04. The number of carbonyl (C=O) groups excluding carboxylic acids is 1. The van der Waals surface area contributed by atoms with Gasteiger partial charge in [0.05, 0.1) is 22.5 Å². The maximum atomic E-state index is 13.0. The Balaban J connectivity index is 1.62. The first kappa shape index (κ1) is 20.8. The molecule has 1 saturated heterocycles. The van der Waals surface area contributed by atoms with Crippen molar-refractivity contribution in [2.75, 3.05) is 6.67 Å². The summed E-state index contributed by atoms with van der Waals surface area (Å²) in [5, 5.41) is 2.80. The standard InChI is InChI=1S/C18H27ClN4O3S2/c19-11-5-7-12(8-6-11)28(25,26)23-15-9-16(27-18-20-10-21-22-18)17(24)14-4-2-1-3-13(14)15/h9,11-14,18,20-22H,1-8,10H2/b23-15-. The van der Waals surface area contributed by atoms with Gasteiger partial charge in [0.25, 0.3) is 10.0 Å². The zero-order valence-electron chi connectivity index (χ0n) is 15.7. The fourth-order valence-corrected chi connectivity index (χ4v) is 7.33. The molecule has 3 N–H and O–H groups in total. The highest BCUT2D eigenvalue weighted by atomic mass is 35.5. The molecule has 1 aliphatic heterocycles. The van der Waals surface area contributed by atoms with Gasteiger partial charge >= 0.3 is 0 Å². The summed E-state index contributed by atoms with van der Waals surface area (Å²) in [7, 11) is -3.60. The number of Topliss-reactive ketones (excluding diaryl/α,β-unsaturated/α-hetero) is 1. The number of ketones is 1. The summed E-state index contributed by atoms with van der Waals surface area (Å²) in [6, 6.07) is 0. The molecule has 10 heteroatoms. The maximum Gasteiger partial charge on any atom is 0.256 e. The predicted octanol–water partition coefficient (Wildman–Crippen LogP) is 2.25. The molecule has 4 aliphatic rings. The number of hydrogen-bond acceptors (Lipinski definition) is 7. The van der Waals surface area contributed by atoms with Crippen molar-refractivity contribution in [3.05, 3.63) is 11.0 Å². The summed E-state index contributed by atoms with van der Waals surface area (Å²) in [6.07, 6.45) is 7.93. The largest absolute Gasteiger partial charge is 0.293 e. The van der Waals surface area contributed by atoms with E-state index in [0.717, 1.165) is 25.7 Å². The van der Waals surface area contributed by atoms with Crippen molar-refractivity contribution in [1.82, 2.24) is 16.2 Å². The molecule has 1 heterocycles. The van der Waals surface area contributed by atoms with Gasteiger partial charge in [-0.15, -0.1) is 11.6 Å². The molecule has 3 fully saturated rings. The summed E-state index contributed by atoms with van der Waals surface area (Å²) in [5.74, 6) is -0.0975. The monoisotopic (exact) mass is 446 g/mol. The van der Waals surface area contributed by atoms with E-state index in [1.807, 2.05) is 0 Å². The van der Waals surface area contributed by atoms with E-state index >= 15 is 0 Å². The van der Waals surface area contributed by atoms with Crippen LogP contribution in [0, 0.1) is 11.8 Å². The number of hydrazine groups is 1. The van der Waals surface area contributed by atoms with Crippen molar-refractivity contribution in [1.29, 1.82) is 0 Å². The topological polar surface area (TPSA) is 99.7 Å². The highest BCUT2D eigenvalue weighted by Crippen LogP contribution is 2.41. The predicted molar refractivity (Wildman–Crippen MR) is 112 cm³/mol. The van der Waals surface area contributed by atoms with Gasteiger partial charge in [-0.3, -0.25) is 10.1 Å². The quantitative estimate of drug-likeness (QED) is 0.569. The number of rotatable bonds is 4. The first-order chi connectivity index (χ1) is 13.4. The van der Waals surface area contributed by atoms with Crippen LogP contribution in [0.15, 0.2) is 15.4 Å². The summed E-state index contributed by atoms with van der Waals surface area (Å²) in [6.45, 7) is 0.615. The zero-order chi connectivity index (χ0) is 19.7. The zero-order valence-corrected chi connectivity index (χ0v) is 18.1. The molecule has 0 spiro atoms. The molecule has 0 radical (unpaired) electrons. The number of carbonyl (C=O) groups is 1. The summed E-state index contributed by atoms with van der Waals surface area (Å²) >= 11 is 7.53. The van der Waals surface area contributed by atoms with E-state index in [2.05, 4.69) is 20.6 Å². The van der Waals surface area contributed by atoms with Gasteiger partial charge in [0.1, 0.15) is 5.50 Å². The van der Waals surface area contributed by atoms with E-state index in [-0.39, 0.29) is 28.5 Å². The molecular weight excluding hydrogens is 420 g/mol. The minimum atomic E-state index is -3.60. The number of halogens is 1. The third-order valence-electron chi connectivity index (χ3n) is 6.12. The third kappa shape index (κ3) is 4.49. The lowest BCUT2D eigenvalue weighted by Gasteiger charge is -2.35. The Morgan fingerprint density at radius 2 is 1.79 bits per heavy atom. The molecule has 156 valence electrons. The number of hydrogen-bond donors (Lipinski definition) is 3. The minimum Gasteiger partial charge on any atom is -0.293 e. The van der Waals surface area contributed by atoms with Gasteiger partial charge in [-0.25, -0.2) is 19.3 Å². The Morgan fingerprint density at radius 3 is 2.46 bits per heavy atom. The van der Waals surface area contributed by atoms with Gasteiger partial charge in [-0.05, 0) is 44.6 Å². The smallest absolute Gasteiger partial charge is 0.256 e. The average molecular weight is 447 g/mol. The van der Waals surface area contributed by atoms with Gasteiger partial charge in [0.2, 0.25) is 0 Å². The minimum absolute atomic E-state index is 0.0667. The van der Waals surface area contributed by atoms with E-state index in [4.69, 9.17) is 11.6 Å². The van der Waals surface area contributed by atoms with Crippen LogP contribution in [-0.4, -0.2) is 42.7 Å². The lowest BCUT2D eigenvalue weighted by Crippen LogP contribution is -2.39. The van der Waals surface area contributed by atoms with Crippen LogP contribution in [0.25, 0.3) is 0 Å². The van der Waals surface area contributed by atoms with Gasteiger partial charge < -0.3 is 0 Å². The molecule has 7 nitrogen and oxygen atoms in total. The van der Waals surface area contributed by atoms with Crippen molar-refractivity contribution in [3.63, 3.8) is 0 Å². The number of alkyl halides is 1. The molecule has 0 aromatic carbocycles. The van der Waals surface area contributed by atoms with Crippen LogP contribution in [0.5, 0.6) is 0 Å². The fraction of sp³-hybridized carbons (Fsp3) is 0.778. The molecular formula is C18H27ClN4O3S2. The van der Waals surface area contributed by atoms with Crippen molar-refractivity contribution < 1.29 is 13.2 Å². The van der Waals surface area contributed by atoms with Gasteiger partial charge in [0, 0.05) is 17.2 Å². The normalized spacial score (nSPS) is 38.3. The van der Waals surface area contributed by atoms with Crippen molar-refractivity contribution in [3.8, 4) is 0 Å². The fourth-order valence-electron chi connectivity index (χ4n) is 4.56. The Morgan fingerprint density at radius 1 is 1.07 bits per heavy atom. The van der Waals surface area contributed by atoms with Crippen molar-refractivity contribution in [2.45, 2.75) is 67.5 Å². The van der Waals surface area contributed by atoms with Gasteiger partial charge in [-0.1, -0.05) is 24.6 Å². The summed E-state index contributed by atoms with van der Waals surface area (Å²) in [4.78, 5) is 13.6. The second-order valence-electron chi connectivity index (χ2n) is 7.98. The van der Waals surface area contributed by atoms with Crippen LogP contribution < -0.4 is 16.2 Å². The lowest BCUT2D eigenvalue weighted by atomic mass is 9.72. The molecule has 3 aliphatic carbocycles. The number of nitrogens with one attached hydrogen (secondary N) is 3. The number of fused-ring (bicyclic) bond motifs is 1. The van der Waals surface area contributed by atoms with Crippen molar-refractivity contribution in [2.24, 2.45) is 16.2 Å². The first-order valence-electron chi connectivity index (χ1n) is 10.1. The molecule has 4 rings (SSSR count). The molecule has 0 aromatic heterocycles. The number of nitrogens with zero attached hydrogens (tertiary/aromatic N) is 1. The van der Waals surface area contributed by atoms with Crippen LogP contribution >= 0.6 is 23.4 Å². The molecule has 3 atom stereocenters. The SMILES string of the molecule is O=C1C(SC2NCNN2)=C/C(=N/S(=O)(=O)C2CCC(Cl)CC2)C2CCCCC12. The van der Waals surface area contributed by atoms with E-state index in [1.54, 1.807) is 6.08 Å². The molecule has 2 saturated carbocycles. The Bertz CT molecular complexity index is 772. The average Bonchev–Trinajstić information content (AvgIpc) is 3.19. The van der Waals surface area contributed by atoms with E-state index < -0.39 is 15.3 Å². The molecule has 28 heavy (non-hydrogen) atoms. The van der Waals surface area contributed by atoms with Crippen LogP contribution in [0.2, 0.25) is 0 Å². The highest BCUT2D eigenvalue weighted by Gasteiger charge is 2.41. The van der Waals surface area contributed by atoms with E-state index in [1.165, 1.54) is 11.8 Å². The number of sulfonamides is 1.